The molecule has 1 aromatic carbocycles. The molecule has 1 aromatic rings. The summed E-state index contributed by atoms with van der Waals surface area (Å²) in [5.74, 6) is -0.0148. The zero-order valence-electron chi connectivity index (χ0n) is 8.33. The smallest absolute Gasteiger partial charge is 0.211 e. The maximum absolute atomic E-state index is 12.8. The number of anilines is 1. The van der Waals surface area contributed by atoms with Gasteiger partial charge in [0.2, 0.25) is 6.41 Å². The maximum Gasteiger partial charge on any atom is 0.211 e. The maximum atomic E-state index is 12.8. The SMILES string of the molecule is COCCOc1ccc(F)cc1NC=O. The topological polar surface area (TPSA) is 47.6 Å². The average Bonchev–Trinajstić information content (AvgIpc) is 2.22. The van der Waals surface area contributed by atoms with Crippen LogP contribution in [0.4, 0.5) is 10.1 Å². The van der Waals surface area contributed by atoms with Crippen LogP contribution in [0.3, 0.4) is 0 Å². The Morgan fingerprint density at radius 3 is 2.93 bits per heavy atom. The summed E-state index contributed by atoms with van der Waals surface area (Å²) in [6.45, 7) is 0.771. The molecule has 0 aliphatic carbocycles. The zero-order chi connectivity index (χ0) is 11.1. The molecule has 5 heteroatoms. The van der Waals surface area contributed by atoms with Gasteiger partial charge in [0.15, 0.2) is 0 Å². The number of halogens is 1. The van der Waals surface area contributed by atoms with E-state index in [4.69, 9.17) is 9.47 Å². The minimum Gasteiger partial charge on any atom is -0.489 e. The van der Waals surface area contributed by atoms with Gasteiger partial charge in [-0.3, -0.25) is 4.79 Å². The molecule has 1 N–H and O–H groups in total. The summed E-state index contributed by atoms with van der Waals surface area (Å²) in [6, 6.07) is 3.91. The van der Waals surface area contributed by atoms with Crippen LogP contribution in [-0.2, 0) is 9.53 Å². The third-order valence-electron chi connectivity index (χ3n) is 1.70. The first kappa shape index (κ1) is 11.5. The molecule has 0 unspecified atom stereocenters. The van der Waals surface area contributed by atoms with Crippen LogP contribution < -0.4 is 10.1 Å². The second-order valence-corrected chi connectivity index (χ2v) is 2.74. The number of carbonyl (C=O) groups is 1. The van der Waals surface area contributed by atoms with E-state index in [0.717, 1.165) is 0 Å². The molecule has 0 fully saturated rings. The van der Waals surface area contributed by atoms with Gasteiger partial charge in [0.1, 0.15) is 18.2 Å². The van der Waals surface area contributed by atoms with E-state index >= 15 is 0 Å². The highest BCUT2D eigenvalue weighted by Crippen LogP contribution is 2.24. The standard InChI is InChI=1S/C10H12FNO3/c1-14-4-5-15-10-3-2-8(11)6-9(10)12-7-13/h2-3,6-7H,4-5H2,1H3,(H,12,13). The number of amides is 1. The molecule has 82 valence electrons. The van der Waals surface area contributed by atoms with Crippen molar-refractivity contribution in [1.82, 2.24) is 0 Å². The monoisotopic (exact) mass is 213 g/mol. The van der Waals surface area contributed by atoms with Crippen molar-refractivity contribution >= 4 is 12.1 Å². The molecule has 15 heavy (non-hydrogen) atoms. The normalized spacial score (nSPS) is 9.73. The van der Waals surface area contributed by atoms with E-state index in [1.54, 1.807) is 7.11 Å². The molecule has 0 saturated carbocycles. The van der Waals surface area contributed by atoms with Crippen molar-refractivity contribution < 1.29 is 18.7 Å². The Labute approximate surface area is 87.0 Å². The Balaban J connectivity index is 2.71. The van der Waals surface area contributed by atoms with Crippen LogP contribution in [0, 0.1) is 5.82 Å². The fourth-order valence-corrected chi connectivity index (χ4v) is 1.04. The van der Waals surface area contributed by atoms with Gasteiger partial charge in [0.05, 0.1) is 12.3 Å². The van der Waals surface area contributed by atoms with Crippen LogP contribution in [-0.4, -0.2) is 26.7 Å². The molecule has 0 aliphatic heterocycles. The van der Waals surface area contributed by atoms with E-state index in [0.29, 0.717) is 31.1 Å². The van der Waals surface area contributed by atoms with E-state index in [1.807, 2.05) is 0 Å². The number of benzene rings is 1. The van der Waals surface area contributed by atoms with Crippen molar-refractivity contribution in [3.63, 3.8) is 0 Å². The molecule has 0 heterocycles. The van der Waals surface area contributed by atoms with E-state index in [9.17, 15) is 9.18 Å². The Bertz CT molecular complexity index is 330. The highest BCUT2D eigenvalue weighted by atomic mass is 19.1. The van der Waals surface area contributed by atoms with E-state index in [-0.39, 0.29) is 0 Å². The van der Waals surface area contributed by atoms with E-state index < -0.39 is 5.82 Å². The van der Waals surface area contributed by atoms with Crippen LogP contribution in [0.1, 0.15) is 0 Å². The number of nitrogens with one attached hydrogen (secondary N) is 1. The highest BCUT2D eigenvalue weighted by Gasteiger charge is 2.04. The highest BCUT2D eigenvalue weighted by molar-refractivity contribution is 5.75. The van der Waals surface area contributed by atoms with Crippen molar-refractivity contribution in [2.75, 3.05) is 25.6 Å². The molecule has 0 saturated heterocycles. The summed E-state index contributed by atoms with van der Waals surface area (Å²) in [4.78, 5) is 10.3. The van der Waals surface area contributed by atoms with Crippen LogP contribution in [0.5, 0.6) is 5.75 Å². The van der Waals surface area contributed by atoms with Gasteiger partial charge in [-0.15, -0.1) is 0 Å². The first-order chi connectivity index (χ1) is 7.27. The Morgan fingerprint density at radius 1 is 1.47 bits per heavy atom. The van der Waals surface area contributed by atoms with Crippen LogP contribution >= 0.6 is 0 Å². The van der Waals surface area contributed by atoms with Gasteiger partial charge in [-0.05, 0) is 12.1 Å². The van der Waals surface area contributed by atoms with Crippen molar-refractivity contribution in [2.24, 2.45) is 0 Å². The predicted molar refractivity (Wildman–Crippen MR) is 53.5 cm³/mol. The minimum absolute atomic E-state index is 0.307. The third-order valence-corrected chi connectivity index (χ3v) is 1.70. The molecule has 0 radical (unpaired) electrons. The lowest BCUT2D eigenvalue weighted by atomic mass is 10.3. The summed E-state index contributed by atoms with van der Waals surface area (Å²) in [5.41, 5.74) is 0.307. The van der Waals surface area contributed by atoms with Crippen LogP contribution in [0.2, 0.25) is 0 Å². The van der Waals surface area contributed by atoms with Gasteiger partial charge in [0.25, 0.3) is 0 Å². The van der Waals surface area contributed by atoms with E-state index in [2.05, 4.69) is 5.32 Å². The summed E-state index contributed by atoms with van der Waals surface area (Å²) in [6.07, 6.45) is 0.470. The number of ether oxygens (including phenoxy) is 2. The molecule has 0 atom stereocenters. The minimum atomic E-state index is -0.432. The van der Waals surface area contributed by atoms with Crippen LogP contribution in [0.15, 0.2) is 18.2 Å². The number of methoxy groups -OCH3 is 1. The summed E-state index contributed by atoms with van der Waals surface area (Å²) >= 11 is 0. The van der Waals surface area contributed by atoms with Gasteiger partial charge in [-0.2, -0.15) is 0 Å². The van der Waals surface area contributed by atoms with Gasteiger partial charge >= 0.3 is 0 Å². The molecule has 4 nitrogen and oxygen atoms in total. The van der Waals surface area contributed by atoms with Gasteiger partial charge in [0, 0.05) is 13.2 Å². The van der Waals surface area contributed by atoms with Crippen molar-refractivity contribution in [3.8, 4) is 5.75 Å². The van der Waals surface area contributed by atoms with E-state index in [1.165, 1.54) is 18.2 Å². The fraction of sp³-hybridized carbons (Fsp3) is 0.300. The first-order valence-corrected chi connectivity index (χ1v) is 4.39. The molecule has 0 aliphatic rings. The number of hydrogen-bond acceptors (Lipinski definition) is 3. The van der Waals surface area contributed by atoms with Crippen molar-refractivity contribution in [2.45, 2.75) is 0 Å². The lowest BCUT2D eigenvalue weighted by Gasteiger charge is -2.09. The summed E-state index contributed by atoms with van der Waals surface area (Å²) in [5, 5.41) is 2.36. The van der Waals surface area contributed by atoms with Crippen molar-refractivity contribution in [1.29, 1.82) is 0 Å². The number of carbonyl (C=O) groups excluding carboxylic acids is 1. The Kier molecular flexibility index (Phi) is 4.56. The molecule has 1 amide bonds. The largest absolute Gasteiger partial charge is 0.489 e. The summed E-state index contributed by atoms with van der Waals surface area (Å²) in [7, 11) is 1.55. The molecule has 1 rings (SSSR count). The second-order valence-electron chi connectivity index (χ2n) is 2.74. The zero-order valence-corrected chi connectivity index (χ0v) is 8.33. The lowest BCUT2D eigenvalue weighted by Crippen LogP contribution is -2.06. The number of hydrogen-bond donors (Lipinski definition) is 1. The quantitative estimate of drug-likeness (QED) is 0.574. The molecular weight excluding hydrogens is 201 g/mol. The Hall–Kier alpha value is -1.62. The third kappa shape index (κ3) is 3.55. The van der Waals surface area contributed by atoms with Crippen molar-refractivity contribution in [3.05, 3.63) is 24.0 Å². The second kappa shape index (κ2) is 5.98. The molecule has 0 spiro atoms. The van der Waals surface area contributed by atoms with Gasteiger partial charge in [-0.1, -0.05) is 0 Å². The summed E-state index contributed by atoms with van der Waals surface area (Å²) < 4.78 is 22.9. The predicted octanol–water partition coefficient (Wildman–Crippen LogP) is 1.42. The lowest BCUT2D eigenvalue weighted by molar-refractivity contribution is -0.105. The van der Waals surface area contributed by atoms with Gasteiger partial charge < -0.3 is 14.8 Å². The Morgan fingerprint density at radius 2 is 2.27 bits per heavy atom. The van der Waals surface area contributed by atoms with Crippen LogP contribution in [0.25, 0.3) is 0 Å². The molecule has 0 aromatic heterocycles. The first-order valence-electron chi connectivity index (χ1n) is 4.39. The average molecular weight is 213 g/mol. The fourth-order valence-electron chi connectivity index (χ4n) is 1.04. The molecule has 0 bridgehead atoms. The van der Waals surface area contributed by atoms with Gasteiger partial charge in [-0.25, -0.2) is 4.39 Å². The number of rotatable bonds is 6. The molecular formula is C10H12FNO3.